The number of benzene rings is 1. The lowest BCUT2D eigenvalue weighted by molar-refractivity contribution is 0.0690. The molecule has 0 aliphatic heterocycles. The zero-order valence-corrected chi connectivity index (χ0v) is 9.85. The molecule has 0 radical (unpaired) electrons. The maximum atomic E-state index is 13.2. The Kier molecular flexibility index (Phi) is 3.41. The standard InChI is InChI=1S/C13H9F2NO3/c1-19-12-5-11(13(17)18)16-6-10(12)7-2-8(14)4-9(15)3-7/h2-6H,1H3,(H,17,18). The van der Waals surface area contributed by atoms with Gasteiger partial charge in [-0.1, -0.05) is 0 Å². The van der Waals surface area contributed by atoms with E-state index in [-0.39, 0.29) is 17.0 Å². The summed E-state index contributed by atoms with van der Waals surface area (Å²) in [6.07, 6.45) is 1.20. The third kappa shape index (κ3) is 2.67. The van der Waals surface area contributed by atoms with Gasteiger partial charge in [-0.25, -0.2) is 18.6 Å². The Labute approximate surface area is 107 Å². The summed E-state index contributed by atoms with van der Waals surface area (Å²) in [5, 5.41) is 8.82. The Morgan fingerprint density at radius 2 is 1.84 bits per heavy atom. The molecule has 0 spiro atoms. The van der Waals surface area contributed by atoms with Crippen LogP contribution in [0.2, 0.25) is 0 Å². The summed E-state index contributed by atoms with van der Waals surface area (Å²) < 4.78 is 31.3. The fourth-order valence-corrected chi connectivity index (χ4v) is 1.65. The Morgan fingerprint density at radius 3 is 2.37 bits per heavy atom. The summed E-state index contributed by atoms with van der Waals surface area (Å²) in [7, 11) is 1.33. The summed E-state index contributed by atoms with van der Waals surface area (Å²) >= 11 is 0. The highest BCUT2D eigenvalue weighted by Crippen LogP contribution is 2.30. The van der Waals surface area contributed by atoms with E-state index in [9.17, 15) is 13.6 Å². The molecule has 1 heterocycles. The molecule has 0 atom stereocenters. The van der Waals surface area contributed by atoms with Crippen molar-refractivity contribution in [1.29, 1.82) is 0 Å². The number of hydrogen-bond donors (Lipinski definition) is 1. The summed E-state index contributed by atoms with van der Waals surface area (Å²) in [5.41, 5.74) is 0.321. The molecule has 6 heteroatoms. The maximum absolute atomic E-state index is 13.2. The number of pyridine rings is 1. The van der Waals surface area contributed by atoms with Crippen molar-refractivity contribution >= 4 is 5.97 Å². The Balaban J connectivity index is 2.58. The van der Waals surface area contributed by atoms with Crippen LogP contribution in [0.15, 0.2) is 30.5 Å². The highest BCUT2D eigenvalue weighted by atomic mass is 19.1. The molecule has 1 aromatic heterocycles. The predicted molar refractivity (Wildman–Crippen MR) is 63.1 cm³/mol. The second-order valence-electron chi connectivity index (χ2n) is 3.73. The van der Waals surface area contributed by atoms with Gasteiger partial charge in [0.15, 0.2) is 5.69 Å². The molecule has 2 rings (SSSR count). The lowest BCUT2D eigenvalue weighted by atomic mass is 10.1. The first-order chi connectivity index (χ1) is 9.01. The quantitative estimate of drug-likeness (QED) is 0.927. The summed E-state index contributed by atoms with van der Waals surface area (Å²) in [6.45, 7) is 0. The minimum Gasteiger partial charge on any atom is -0.496 e. The van der Waals surface area contributed by atoms with E-state index in [1.165, 1.54) is 19.4 Å². The zero-order chi connectivity index (χ0) is 14.0. The van der Waals surface area contributed by atoms with Crippen molar-refractivity contribution in [2.24, 2.45) is 0 Å². The van der Waals surface area contributed by atoms with Gasteiger partial charge < -0.3 is 9.84 Å². The molecule has 2 aromatic rings. The molecule has 0 amide bonds. The highest BCUT2D eigenvalue weighted by molar-refractivity contribution is 5.87. The first-order valence-corrected chi connectivity index (χ1v) is 5.25. The van der Waals surface area contributed by atoms with Crippen LogP contribution in [0.25, 0.3) is 11.1 Å². The van der Waals surface area contributed by atoms with Gasteiger partial charge in [0.05, 0.1) is 7.11 Å². The van der Waals surface area contributed by atoms with Crippen molar-refractivity contribution in [3.63, 3.8) is 0 Å². The van der Waals surface area contributed by atoms with Gasteiger partial charge in [-0.3, -0.25) is 0 Å². The van der Waals surface area contributed by atoms with Crippen LogP contribution in [0, 0.1) is 11.6 Å². The van der Waals surface area contributed by atoms with E-state index in [1.54, 1.807) is 0 Å². The molecule has 0 fully saturated rings. The van der Waals surface area contributed by atoms with Gasteiger partial charge in [0.1, 0.15) is 17.4 Å². The van der Waals surface area contributed by atoms with Crippen molar-refractivity contribution in [3.05, 3.63) is 47.8 Å². The van der Waals surface area contributed by atoms with Crippen LogP contribution in [-0.2, 0) is 0 Å². The number of aromatic carboxylic acids is 1. The molecule has 0 bridgehead atoms. The second kappa shape index (κ2) is 5.01. The Hall–Kier alpha value is -2.50. The third-order valence-electron chi connectivity index (χ3n) is 2.48. The van der Waals surface area contributed by atoms with Gasteiger partial charge in [0.2, 0.25) is 0 Å². The smallest absolute Gasteiger partial charge is 0.354 e. The molecule has 19 heavy (non-hydrogen) atoms. The van der Waals surface area contributed by atoms with E-state index >= 15 is 0 Å². The van der Waals surface area contributed by atoms with Crippen LogP contribution in [0.3, 0.4) is 0 Å². The van der Waals surface area contributed by atoms with Gasteiger partial charge in [-0.15, -0.1) is 0 Å². The van der Waals surface area contributed by atoms with Crippen LogP contribution in [-0.4, -0.2) is 23.2 Å². The van der Waals surface area contributed by atoms with Gasteiger partial charge in [-0.2, -0.15) is 0 Å². The van der Waals surface area contributed by atoms with Crippen LogP contribution < -0.4 is 4.74 Å². The van der Waals surface area contributed by atoms with Crippen molar-refractivity contribution in [3.8, 4) is 16.9 Å². The second-order valence-corrected chi connectivity index (χ2v) is 3.73. The monoisotopic (exact) mass is 265 g/mol. The molecule has 0 aliphatic carbocycles. The molecule has 4 nitrogen and oxygen atoms in total. The number of carboxylic acid groups (broad SMARTS) is 1. The van der Waals surface area contributed by atoms with E-state index in [4.69, 9.17) is 9.84 Å². The Bertz CT molecular complexity index is 624. The van der Waals surface area contributed by atoms with Crippen LogP contribution >= 0.6 is 0 Å². The van der Waals surface area contributed by atoms with Gasteiger partial charge in [-0.05, 0) is 17.7 Å². The number of rotatable bonds is 3. The molecule has 98 valence electrons. The first kappa shape index (κ1) is 12.9. The molecule has 0 unspecified atom stereocenters. The number of aromatic nitrogens is 1. The van der Waals surface area contributed by atoms with E-state index in [0.29, 0.717) is 5.56 Å². The van der Waals surface area contributed by atoms with E-state index in [2.05, 4.69) is 4.98 Å². The number of carbonyl (C=O) groups is 1. The average Bonchev–Trinajstić information content (AvgIpc) is 2.36. The number of methoxy groups -OCH3 is 1. The summed E-state index contributed by atoms with van der Waals surface area (Å²) in [4.78, 5) is 14.5. The predicted octanol–water partition coefficient (Wildman–Crippen LogP) is 2.73. The molecular formula is C13H9F2NO3. The SMILES string of the molecule is COc1cc(C(=O)O)ncc1-c1cc(F)cc(F)c1. The van der Waals surface area contributed by atoms with Crippen molar-refractivity contribution in [1.82, 2.24) is 4.98 Å². The molecule has 1 aromatic carbocycles. The fourth-order valence-electron chi connectivity index (χ4n) is 1.65. The van der Waals surface area contributed by atoms with E-state index in [1.807, 2.05) is 0 Å². The van der Waals surface area contributed by atoms with Gasteiger partial charge in [0.25, 0.3) is 0 Å². The van der Waals surface area contributed by atoms with Gasteiger partial charge >= 0.3 is 5.97 Å². The van der Waals surface area contributed by atoms with Crippen molar-refractivity contribution in [2.75, 3.05) is 7.11 Å². The lowest BCUT2D eigenvalue weighted by Crippen LogP contribution is -2.01. The fraction of sp³-hybridized carbons (Fsp3) is 0.0769. The summed E-state index contributed by atoms with van der Waals surface area (Å²) in [6, 6.07) is 4.17. The number of hydrogen-bond acceptors (Lipinski definition) is 3. The summed E-state index contributed by atoms with van der Waals surface area (Å²) in [5.74, 6) is -2.51. The van der Waals surface area contributed by atoms with E-state index in [0.717, 1.165) is 18.2 Å². The topological polar surface area (TPSA) is 59.4 Å². The number of carboxylic acids is 1. The molecular weight excluding hydrogens is 256 g/mol. The molecule has 1 N–H and O–H groups in total. The minimum absolute atomic E-state index is 0.178. The van der Waals surface area contributed by atoms with Gasteiger partial charge in [0, 0.05) is 23.9 Å². The molecule has 0 saturated heterocycles. The van der Waals surface area contributed by atoms with E-state index < -0.39 is 17.6 Å². The largest absolute Gasteiger partial charge is 0.496 e. The molecule has 0 aliphatic rings. The maximum Gasteiger partial charge on any atom is 0.354 e. The average molecular weight is 265 g/mol. The normalized spacial score (nSPS) is 10.3. The number of nitrogens with zero attached hydrogens (tertiary/aromatic N) is 1. The third-order valence-corrected chi connectivity index (χ3v) is 2.48. The van der Waals surface area contributed by atoms with Crippen LogP contribution in [0.1, 0.15) is 10.5 Å². The minimum atomic E-state index is -1.21. The lowest BCUT2D eigenvalue weighted by Gasteiger charge is -2.09. The van der Waals surface area contributed by atoms with Crippen LogP contribution in [0.4, 0.5) is 8.78 Å². The van der Waals surface area contributed by atoms with Crippen LogP contribution in [0.5, 0.6) is 5.75 Å². The highest BCUT2D eigenvalue weighted by Gasteiger charge is 2.13. The van der Waals surface area contributed by atoms with Crippen molar-refractivity contribution < 1.29 is 23.4 Å². The first-order valence-electron chi connectivity index (χ1n) is 5.25. The number of halogens is 2. The zero-order valence-electron chi connectivity index (χ0n) is 9.85. The Morgan fingerprint density at radius 1 is 1.21 bits per heavy atom. The van der Waals surface area contributed by atoms with Crippen molar-refractivity contribution in [2.45, 2.75) is 0 Å². The number of ether oxygens (including phenoxy) is 1. The molecule has 0 saturated carbocycles.